The van der Waals surface area contributed by atoms with E-state index in [0.29, 0.717) is 11.1 Å². The van der Waals surface area contributed by atoms with E-state index in [4.69, 9.17) is 0 Å². The van der Waals surface area contributed by atoms with Crippen LogP contribution in [-0.4, -0.2) is 16.8 Å². The van der Waals surface area contributed by atoms with E-state index in [-0.39, 0.29) is 11.6 Å². The van der Waals surface area contributed by atoms with E-state index >= 15 is 0 Å². The van der Waals surface area contributed by atoms with Crippen LogP contribution in [0.2, 0.25) is 0 Å². The van der Waals surface area contributed by atoms with Gasteiger partial charge in [0.2, 0.25) is 0 Å². The summed E-state index contributed by atoms with van der Waals surface area (Å²) in [4.78, 5) is 24.7. The van der Waals surface area contributed by atoms with Crippen molar-refractivity contribution in [2.24, 2.45) is 0 Å². The van der Waals surface area contributed by atoms with Gasteiger partial charge in [-0.15, -0.1) is 0 Å². The Labute approximate surface area is 155 Å². The van der Waals surface area contributed by atoms with Crippen molar-refractivity contribution in [3.63, 3.8) is 0 Å². The Kier molecular flexibility index (Phi) is 4.42. The first-order valence-electron chi connectivity index (χ1n) is 9.17. The highest BCUT2D eigenvalue weighted by atomic mass is 19.2. The molecule has 1 fully saturated rings. The summed E-state index contributed by atoms with van der Waals surface area (Å²) in [6.07, 6.45) is 5.50. The zero-order valence-electron chi connectivity index (χ0n) is 15.1. The van der Waals surface area contributed by atoms with Gasteiger partial charge in [-0.25, -0.2) is 8.78 Å². The largest absolute Gasteiger partial charge is 0.343 e. The topological polar surface area (TPSA) is 51.1 Å². The number of carbonyl (C=O) groups excluding carboxylic acids is 2. The van der Waals surface area contributed by atoms with Crippen LogP contribution in [0.1, 0.15) is 53.0 Å². The normalized spacial score (nSPS) is 15.3. The van der Waals surface area contributed by atoms with Gasteiger partial charge < -0.3 is 9.88 Å². The number of nitrogens with one attached hydrogen (secondary N) is 1. The van der Waals surface area contributed by atoms with Crippen LogP contribution in [0.4, 0.5) is 14.5 Å². The minimum absolute atomic E-state index is 0.200. The number of hydrogen-bond acceptors (Lipinski definition) is 2. The summed E-state index contributed by atoms with van der Waals surface area (Å²) in [5.41, 5.74) is 5.09. The Morgan fingerprint density at radius 2 is 1.93 bits per heavy atom. The third kappa shape index (κ3) is 2.89. The van der Waals surface area contributed by atoms with E-state index in [2.05, 4.69) is 9.88 Å². The number of aldehydes is 1. The number of fused-ring (bicyclic) bond motifs is 1. The van der Waals surface area contributed by atoms with Crippen LogP contribution in [0, 0.1) is 18.6 Å². The maximum Gasteiger partial charge on any atom is 0.257 e. The van der Waals surface area contributed by atoms with Crippen molar-refractivity contribution in [3.8, 4) is 0 Å². The standard InChI is InChI=1S/C21H20F2N2O2/c1-12-19(21(27)24-14-7-8-16(22)17(23)10-14)18-6-3-9-25(18)20(12)15(11-26)13-4-2-5-13/h7-8,10-11H,2-6,9H2,1H3,(H,24,27). The Hall–Kier alpha value is -2.76. The maximum atomic E-state index is 13.4. The molecule has 1 N–H and O–H groups in total. The van der Waals surface area contributed by atoms with Gasteiger partial charge in [0.05, 0.1) is 11.3 Å². The van der Waals surface area contributed by atoms with E-state index in [1.807, 2.05) is 6.92 Å². The number of aromatic nitrogens is 1. The van der Waals surface area contributed by atoms with Crippen molar-refractivity contribution in [1.29, 1.82) is 0 Å². The summed E-state index contributed by atoms with van der Waals surface area (Å²) < 4.78 is 28.6. The monoisotopic (exact) mass is 370 g/mol. The number of nitrogens with zero attached hydrogens (tertiary/aromatic N) is 1. The van der Waals surface area contributed by atoms with Crippen molar-refractivity contribution in [2.45, 2.75) is 45.6 Å². The highest BCUT2D eigenvalue weighted by molar-refractivity contribution is 6.12. The van der Waals surface area contributed by atoms with E-state index in [9.17, 15) is 18.4 Å². The molecule has 4 rings (SSSR count). The molecule has 0 bridgehead atoms. The van der Waals surface area contributed by atoms with E-state index in [1.165, 1.54) is 6.07 Å². The molecule has 0 atom stereocenters. The number of carbonyl (C=O) groups is 2. The van der Waals surface area contributed by atoms with Crippen molar-refractivity contribution in [3.05, 3.63) is 57.9 Å². The van der Waals surface area contributed by atoms with Crippen LogP contribution in [0.15, 0.2) is 23.8 Å². The Balaban J connectivity index is 1.75. The van der Waals surface area contributed by atoms with Gasteiger partial charge in [0.15, 0.2) is 17.9 Å². The molecule has 0 spiro atoms. The molecule has 27 heavy (non-hydrogen) atoms. The molecule has 1 amide bonds. The number of hydrogen-bond donors (Lipinski definition) is 1. The smallest absolute Gasteiger partial charge is 0.257 e. The van der Waals surface area contributed by atoms with Gasteiger partial charge in [0.1, 0.15) is 0 Å². The van der Waals surface area contributed by atoms with Crippen molar-refractivity contribution < 1.29 is 18.4 Å². The molecule has 0 radical (unpaired) electrons. The molecule has 1 aliphatic heterocycles. The minimum Gasteiger partial charge on any atom is -0.343 e. The summed E-state index contributed by atoms with van der Waals surface area (Å²) in [6.45, 7) is 2.62. The maximum absolute atomic E-state index is 13.4. The molecule has 6 heteroatoms. The zero-order chi connectivity index (χ0) is 19.1. The molecule has 1 aromatic heterocycles. The van der Waals surface area contributed by atoms with Gasteiger partial charge in [0.25, 0.3) is 5.91 Å². The average molecular weight is 370 g/mol. The van der Waals surface area contributed by atoms with Gasteiger partial charge in [-0.05, 0) is 56.7 Å². The lowest BCUT2D eigenvalue weighted by molar-refractivity contribution is -0.103. The van der Waals surface area contributed by atoms with Gasteiger partial charge >= 0.3 is 0 Å². The highest BCUT2D eigenvalue weighted by Crippen LogP contribution is 2.38. The predicted molar refractivity (Wildman–Crippen MR) is 98.6 cm³/mol. The van der Waals surface area contributed by atoms with E-state index < -0.39 is 11.6 Å². The number of anilines is 1. The Morgan fingerprint density at radius 3 is 2.56 bits per heavy atom. The fourth-order valence-electron chi connectivity index (χ4n) is 4.06. The second kappa shape index (κ2) is 6.76. The van der Waals surface area contributed by atoms with Gasteiger partial charge in [-0.3, -0.25) is 9.59 Å². The van der Waals surface area contributed by atoms with E-state index in [1.54, 1.807) is 0 Å². The summed E-state index contributed by atoms with van der Waals surface area (Å²) >= 11 is 0. The minimum atomic E-state index is -1.01. The molecular formula is C21H20F2N2O2. The quantitative estimate of drug-likeness (QED) is 0.640. The number of rotatable bonds is 4. The van der Waals surface area contributed by atoms with Crippen LogP contribution < -0.4 is 5.32 Å². The molecule has 4 nitrogen and oxygen atoms in total. The molecule has 2 heterocycles. The number of allylic oxidation sites excluding steroid dienone is 2. The molecule has 2 aromatic rings. The lowest BCUT2D eigenvalue weighted by Crippen LogP contribution is -2.14. The summed E-state index contributed by atoms with van der Waals surface area (Å²) in [5, 5.41) is 2.66. The van der Waals surface area contributed by atoms with Crippen molar-refractivity contribution in [2.75, 3.05) is 5.32 Å². The number of amides is 1. The number of benzene rings is 1. The second-order valence-electron chi connectivity index (χ2n) is 7.12. The first-order chi connectivity index (χ1) is 13.0. The van der Waals surface area contributed by atoms with Gasteiger partial charge in [-0.2, -0.15) is 0 Å². The Bertz CT molecular complexity index is 983. The van der Waals surface area contributed by atoms with Crippen LogP contribution in [-0.2, 0) is 17.8 Å². The number of halogens is 2. The van der Waals surface area contributed by atoms with Crippen molar-refractivity contribution in [1.82, 2.24) is 4.57 Å². The van der Waals surface area contributed by atoms with Gasteiger partial charge in [0, 0.05) is 29.6 Å². The van der Waals surface area contributed by atoms with Crippen LogP contribution in [0.5, 0.6) is 0 Å². The molecule has 1 saturated carbocycles. The first-order valence-corrected chi connectivity index (χ1v) is 9.17. The molecule has 1 aliphatic carbocycles. The molecule has 1 aromatic carbocycles. The zero-order valence-corrected chi connectivity index (χ0v) is 15.1. The second-order valence-corrected chi connectivity index (χ2v) is 7.12. The molecule has 0 unspecified atom stereocenters. The van der Waals surface area contributed by atoms with Gasteiger partial charge in [-0.1, -0.05) is 5.57 Å². The van der Waals surface area contributed by atoms with Crippen LogP contribution >= 0.6 is 0 Å². The predicted octanol–water partition coefficient (Wildman–Crippen LogP) is 4.41. The molecule has 0 saturated heterocycles. The van der Waals surface area contributed by atoms with E-state index in [0.717, 1.165) is 79.6 Å². The lowest BCUT2D eigenvalue weighted by Gasteiger charge is -2.20. The van der Waals surface area contributed by atoms with Crippen LogP contribution in [0.3, 0.4) is 0 Å². The van der Waals surface area contributed by atoms with Crippen molar-refractivity contribution >= 4 is 23.5 Å². The first kappa shape index (κ1) is 17.6. The summed E-state index contributed by atoms with van der Waals surface area (Å²) in [6, 6.07) is 3.28. The van der Waals surface area contributed by atoms with Crippen LogP contribution in [0.25, 0.3) is 5.57 Å². The third-order valence-electron chi connectivity index (χ3n) is 5.53. The lowest BCUT2D eigenvalue weighted by atomic mass is 9.86. The summed E-state index contributed by atoms with van der Waals surface area (Å²) in [7, 11) is 0. The molecule has 140 valence electrons. The molecule has 2 aliphatic rings. The average Bonchev–Trinajstić information content (AvgIpc) is 3.14. The summed E-state index contributed by atoms with van der Waals surface area (Å²) in [5.74, 6) is -2.33. The highest BCUT2D eigenvalue weighted by Gasteiger charge is 2.30. The molecular weight excluding hydrogens is 350 g/mol. The third-order valence-corrected chi connectivity index (χ3v) is 5.53. The fraction of sp³-hybridized carbons (Fsp3) is 0.333. The fourth-order valence-corrected chi connectivity index (χ4v) is 4.06. The Morgan fingerprint density at radius 1 is 1.15 bits per heavy atom. The SMILES string of the molecule is Cc1c(C(=O)Nc2ccc(F)c(F)c2)c2n(c1C(C=O)=C1CCC1)CCC2.